The first-order valence-electron chi connectivity index (χ1n) is 10.3. The monoisotopic (exact) mass is 400 g/mol. The topological polar surface area (TPSA) is 92.8 Å². The molecule has 0 aromatic heterocycles. The van der Waals surface area contributed by atoms with Gasteiger partial charge in [0.25, 0.3) is 5.91 Å². The lowest BCUT2D eigenvalue weighted by Gasteiger charge is -2.23. The normalized spacial score (nSPS) is 23.3. The van der Waals surface area contributed by atoms with Crippen molar-refractivity contribution in [3.63, 3.8) is 0 Å². The maximum absolute atomic E-state index is 12.6. The Bertz CT molecular complexity index is 780. The zero-order valence-electron chi connectivity index (χ0n) is 17.1. The molecule has 3 rings (SSSR count). The van der Waals surface area contributed by atoms with E-state index in [0.717, 1.165) is 29.7 Å². The molecule has 1 N–H and O–H groups in total. The first-order valence-corrected chi connectivity index (χ1v) is 10.3. The first kappa shape index (κ1) is 21.0. The highest BCUT2D eigenvalue weighted by Crippen LogP contribution is 2.38. The number of nitrogens with one attached hydrogen (secondary N) is 1. The Morgan fingerprint density at radius 2 is 1.62 bits per heavy atom. The molecule has 1 aromatic rings. The lowest BCUT2D eigenvalue weighted by atomic mass is 9.81. The van der Waals surface area contributed by atoms with E-state index in [-0.39, 0.29) is 23.7 Å². The number of likely N-dealkylation sites (tertiary alicyclic amines) is 1. The van der Waals surface area contributed by atoms with Gasteiger partial charge in [-0.2, -0.15) is 0 Å². The van der Waals surface area contributed by atoms with E-state index in [1.807, 2.05) is 19.1 Å². The van der Waals surface area contributed by atoms with Gasteiger partial charge in [0.1, 0.15) is 6.04 Å². The summed E-state index contributed by atoms with van der Waals surface area (Å²) in [5, 5.41) is 2.70. The maximum atomic E-state index is 12.6. The Hall–Kier alpha value is -2.70. The van der Waals surface area contributed by atoms with Crippen molar-refractivity contribution < 1.29 is 23.9 Å². The Balaban J connectivity index is 1.58. The number of hydrogen-bond acceptors (Lipinski definition) is 5. The molecule has 1 saturated carbocycles. The van der Waals surface area contributed by atoms with E-state index in [1.54, 1.807) is 12.1 Å². The summed E-state index contributed by atoms with van der Waals surface area (Å²) in [7, 11) is 0. The van der Waals surface area contributed by atoms with Crippen molar-refractivity contribution in [2.24, 2.45) is 11.8 Å². The second kappa shape index (κ2) is 8.76. The highest BCUT2D eigenvalue weighted by atomic mass is 16.5. The second-order valence-electron chi connectivity index (χ2n) is 7.84. The van der Waals surface area contributed by atoms with Gasteiger partial charge in [-0.15, -0.1) is 0 Å². The lowest BCUT2D eigenvalue weighted by molar-refractivity contribution is -0.163. The number of carbonyl (C=O) groups is 4. The fourth-order valence-corrected chi connectivity index (χ4v) is 4.07. The standard InChI is InChI=1S/C22H28N2O5/c1-4-15-9-11-16(12-10-15)23-19(25)14(3)29-22(28)13(2)24-20(26)17-7-5-6-8-18(17)21(24)27/h9-14,17-18H,4-8H2,1-3H3,(H,23,25)/t13-,14-,17-,18+/m0/s1. The minimum Gasteiger partial charge on any atom is -0.451 e. The highest BCUT2D eigenvalue weighted by molar-refractivity contribution is 6.08. The summed E-state index contributed by atoms with van der Waals surface area (Å²) in [5.74, 6) is -2.46. The Morgan fingerprint density at radius 3 is 2.14 bits per heavy atom. The van der Waals surface area contributed by atoms with E-state index in [1.165, 1.54) is 13.8 Å². The summed E-state index contributed by atoms with van der Waals surface area (Å²) >= 11 is 0. The number of anilines is 1. The zero-order valence-corrected chi connectivity index (χ0v) is 17.1. The average molecular weight is 400 g/mol. The van der Waals surface area contributed by atoms with Crippen LogP contribution in [0.3, 0.4) is 0 Å². The van der Waals surface area contributed by atoms with E-state index >= 15 is 0 Å². The van der Waals surface area contributed by atoms with Crippen LogP contribution in [0.15, 0.2) is 24.3 Å². The van der Waals surface area contributed by atoms with Crippen LogP contribution in [-0.4, -0.2) is 40.7 Å². The van der Waals surface area contributed by atoms with Gasteiger partial charge < -0.3 is 10.1 Å². The zero-order chi connectivity index (χ0) is 21.1. The van der Waals surface area contributed by atoms with Crippen LogP contribution >= 0.6 is 0 Å². The highest BCUT2D eigenvalue weighted by Gasteiger charge is 2.51. The summed E-state index contributed by atoms with van der Waals surface area (Å²) in [6, 6.07) is 6.37. The molecule has 0 radical (unpaired) electrons. The minimum atomic E-state index is -1.05. The number of nitrogens with zero attached hydrogens (tertiary/aromatic N) is 1. The van der Waals surface area contributed by atoms with Crippen molar-refractivity contribution in [2.75, 3.05) is 5.32 Å². The van der Waals surface area contributed by atoms with Crippen LogP contribution in [0.2, 0.25) is 0 Å². The number of carbonyl (C=O) groups excluding carboxylic acids is 4. The molecule has 1 aromatic carbocycles. The van der Waals surface area contributed by atoms with Crippen molar-refractivity contribution in [3.8, 4) is 0 Å². The molecule has 29 heavy (non-hydrogen) atoms. The number of hydrogen-bond donors (Lipinski definition) is 1. The molecule has 7 nitrogen and oxygen atoms in total. The minimum absolute atomic E-state index is 0.294. The average Bonchev–Trinajstić information content (AvgIpc) is 2.98. The summed E-state index contributed by atoms with van der Waals surface area (Å²) in [4.78, 5) is 51.2. The predicted molar refractivity (Wildman–Crippen MR) is 107 cm³/mol. The van der Waals surface area contributed by atoms with Crippen molar-refractivity contribution in [2.45, 2.75) is 65.0 Å². The summed E-state index contributed by atoms with van der Waals surface area (Å²) in [6.07, 6.45) is 3.06. The maximum Gasteiger partial charge on any atom is 0.329 e. The molecule has 1 heterocycles. The van der Waals surface area contributed by atoms with Crippen LogP contribution < -0.4 is 5.32 Å². The Morgan fingerprint density at radius 1 is 1.07 bits per heavy atom. The molecule has 0 spiro atoms. The van der Waals surface area contributed by atoms with Gasteiger partial charge in [-0.3, -0.25) is 19.3 Å². The van der Waals surface area contributed by atoms with E-state index < -0.39 is 24.0 Å². The number of ether oxygens (including phenoxy) is 1. The smallest absolute Gasteiger partial charge is 0.329 e. The van der Waals surface area contributed by atoms with Gasteiger partial charge in [0, 0.05) is 5.69 Å². The fourth-order valence-electron chi connectivity index (χ4n) is 4.07. The molecule has 3 amide bonds. The molecule has 156 valence electrons. The molecule has 4 atom stereocenters. The number of rotatable bonds is 6. The van der Waals surface area contributed by atoms with Gasteiger partial charge in [-0.25, -0.2) is 4.79 Å². The van der Waals surface area contributed by atoms with Gasteiger partial charge in [-0.05, 0) is 50.8 Å². The van der Waals surface area contributed by atoms with Gasteiger partial charge in [0.05, 0.1) is 11.8 Å². The Kier molecular flexibility index (Phi) is 6.35. The van der Waals surface area contributed by atoms with E-state index in [9.17, 15) is 19.2 Å². The molecular formula is C22H28N2O5. The summed E-state index contributed by atoms with van der Waals surface area (Å²) < 4.78 is 5.26. The molecule has 0 bridgehead atoms. The molecule has 1 aliphatic heterocycles. The summed E-state index contributed by atoms with van der Waals surface area (Å²) in [5.41, 5.74) is 1.76. The second-order valence-corrected chi connectivity index (χ2v) is 7.84. The first-order chi connectivity index (χ1) is 13.8. The third-order valence-electron chi connectivity index (χ3n) is 5.90. The van der Waals surface area contributed by atoms with Crippen LogP contribution in [0, 0.1) is 11.8 Å². The van der Waals surface area contributed by atoms with Crippen LogP contribution in [-0.2, 0) is 30.3 Å². The van der Waals surface area contributed by atoms with Crippen LogP contribution in [0.5, 0.6) is 0 Å². The van der Waals surface area contributed by atoms with Crippen molar-refractivity contribution >= 4 is 29.4 Å². The molecule has 2 fully saturated rings. The van der Waals surface area contributed by atoms with Crippen molar-refractivity contribution in [1.82, 2.24) is 4.90 Å². The fraction of sp³-hybridized carbons (Fsp3) is 0.545. The largest absolute Gasteiger partial charge is 0.451 e. The number of amides is 3. The van der Waals surface area contributed by atoms with E-state index in [4.69, 9.17) is 4.74 Å². The lowest BCUT2D eigenvalue weighted by Crippen LogP contribution is -2.46. The van der Waals surface area contributed by atoms with E-state index in [2.05, 4.69) is 5.32 Å². The quantitative estimate of drug-likeness (QED) is 0.585. The number of aryl methyl sites for hydroxylation is 1. The Labute approximate surface area is 170 Å². The van der Waals surface area contributed by atoms with Gasteiger partial charge >= 0.3 is 5.97 Å². The number of fused-ring (bicyclic) bond motifs is 1. The molecule has 0 unspecified atom stereocenters. The van der Waals surface area contributed by atoms with Crippen LogP contribution in [0.4, 0.5) is 5.69 Å². The van der Waals surface area contributed by atoms with E-state index in [0.29, 0.717) is 18.5 Å². The van der Waals surface area contributed by atoms with Crippen molar-refractivity contribution in [3.05, 3.63) is 29.8 Å². The third kappa shape index (κ3) is 4.33. The molecule has 1 saturated heterocycles. The SMILES string of the molecule is CCc1ccc(NC(=O)[C@H](C)OC(=O)[C@H](C)N2C(=O)[C@H]3CCCC[C@H]3C2=O)cc1. The predicted octanol–water partition coefficient (Wildman–Crippen LogP) is 2.68. The van der Waals surface area contributed by atoms with Gasteiger partial charge in [0.15, 0.2) is 6.10 Å². The van der Waals surface area contributed by atoms with Crippen molar-refractivity contribution in [1.29, 1.82) is 0 Å². The third-order valence-corrected chi connectivity index (χ3v) is 5.90. The molecule has 2 aliphatic rings. The molecule has 7 heteroatoms. The summed E-state index contributed by atoms with van der Waals surface area (Å²) in [6.45, 7) is 4.98. The molecule has 1 aliphatic carbocycles. The van der Waals surface area contributed by atoms with Crippen LogP contribution in [0.25, 0.3) is 0 Å². The number of imide groups is 1. The molecular weight excluding hydrogens is 372 g/mol. The van der Waals surface area contributed by atoms with Crippen LogP contribution in [0.1, 0.15) is 52.0 Å². The number of benzene rings is 1. The number of esters is 1. The van der Waals surface area contributed by atoms with Gasteiger partial charge in [0.2, 0.25) is 11.8 Å². The van der Waals surface area contributed by atoms with Gasteiger partial charge in [-0.1, -0.05) is 31.9 Å².